The number of phenols is 1. The van der Waals surface area contributed by atoms with Gasteiger partial charge in [0.2, 0.25) is 5.91 Å². The molecule has 0 bridgehead atoms. The fourth-order valence-corrected chi connectivity index (χ4v) is 5.53. The van der Waals surface area contributed by atoms with Gasteiger partial charge in [-0.05, 0) is 101 Å². The number of para-hydroxylation sites is 1. The third-order valence-electron chi connectivity index (χ3n) is 8.31. The van der Waals surface area contributed by atoms with Crippen LogP contribution in [-0.2, 0) is 4.79 Å². The Hall–Kier alpha value is -4.57. The van der Waals surface area contributed by atoms with Gasteiger partial charge in [-0.3, -0.25) is 14.4 Å². The summed E-state index contributed by atoms with van der Waals surface area (Å²) in [5.41, 5.74) is 8.87. The minimum Gasteiger partial charge on any atom is -0.507 e. The van der Waals surface area contributed by atoms with Crippen molar-refractivity contribution in [1.82, 2.24) is 9.80 Å². The van der Waals surface area contributed by atoms with Crippen LogP contribution in [0.15, 0.2) is 60.7 Å². The molecule has 3 aromatic carbocycles. The Morgan fingerprint density at radius 1 is 0.956 bits per heavy atom. The number of piperidine rings is 1. The maximum absolute atomic E-state index is 13.5. The van der Waals surface area contributed by atoms with Gasteiger partial charge in [0, 0.05) is 44.0 Å². The van der Waals surface area contributed by atoms with Gasteiger partial charge in [-0.1, -0.05) is 18.2 Å². The van der Waals surface area contributed by atoms with Crippen LogP contribution in [0.25, 0.3) is 0 Å². The number of anilines is 3. The van der Waals surface area contributed by atoms with Gasteiger partial charge < -0.3 is 35.6 Å². The summed E-state index contributed by atoms with van der Waals surface area (Å²) in [5.74, 6) is -0.116. The van der Waals surface area contributed by atoms with Crippen molar-refractivity contribution >= 4 is 34.8 Å². The van der Waals surface area contributed by atoms with Gasteiger partial charge in [0.1, 0.15) is 11.5 Å². The van der Waals surface area contributed by atoms with E-state index in [0.717, 1.165) is 50.8 Å². The third-order valence-corrected chi connectivity index (χ3v) is 8.31. The zero-order valence-electron chi connectivity index (χ0n) is 26.7. The van der Waals surface area contributed by atoms with E-state index in [9.17, 15) is 19.5 Å². The van der Waals surface area contributed by atoms with Crippen molar-refractivity contribution in [3.8, 4) is 11.5 Å². The second kappa shape index (κ2) is 15.4. The predicted octanol–water partition coefficient (Wildman–Crippen LogP) is 5.30. The molecular formula is C35H45N5O5. The number of likely N-dealkylation sites (tertiary alicyclic amines) is 1. The summed E-state index contributed by atoms with van der Waals surface area (Å²) in [6.45, 7) is 4.10. The molecule has 1 heterocycles. The first-order chi connectivity index (χ1) is 21.5. The SMILES string of the molecule is Cc1ccc(N(C)C(=O)c2ccc(NC(=O)c3ccccc3O)cc2N)c(OCCCCCC(=O)N2CCC(N(C)C)CC2)c1. The van der Waals surface area contributed by atoms with E-state index < -0.39 is 5.91 Å². The van der Waals surface area contributed by atoms with Crippen molar-refractivity contribution in [2.24, 2.45) is 0 Å². The number of unbranched alkanes of at least 4 members (excludes halogenated alkanes) is 2. The molecule has 0 radical (unpaired) electrons. The van der Waals surface area contributed by atoms with E-state index in [2.05, 4.69) is 24.3 Å². The van der Waals surface area contributed by atoms with E-state index in [4.69, 9.17) is 10.5 Å². The first-order valence-electron chi connectivity index (χ1n) is 15.5. The molecule has 1 aliphatic rings. The number of carbonyl (C=O) groups excluding carboxylic acids is 3. The van der Waals surface area contributed by atoms with Gasteiger partial charge >= 0.3 is 0 Å². The van der Waals surface area contributed by atoms with Crippen LogP contribution in [0.4, 0.5) is 17.1 Å². The van der Waals surface area contributed by atoms with Crippen molar-refractivity contribution in [1.29, 1.82) is 0 Å². The summed E-state index contributed by atoms with van der Waals surface area (Å²) in [6.07, 6.45) is 5.09. The molecule has 1 saturated heterocycles. The van der Waals surface area contributed by atoms with Gasteiger partial charge in [-0.25, -0.2) is 0 Å². The highest BCUT2D eigenvalue weighted by Crippen LogP contribution is 2.31. The number of rotatable bonds is 12. The van der Waals surface area contributed by atoms with E-state index >= 15 is 0 Å². The normalized spacial score (nSPS) is 13.5. The lowest BCUT2D eigenvalue weighted by Crippen LogP contribution is -2.44. The molecule has 0 spiro atoms. The van der Waals surface area contributed by atoms with Crippen LogP contribution in [0.1, 0.15) is 64.8 Å². The molecule has 3 aromatic rings. The Morgan fingerprint density at radius 2 is 1.69 bits per heavy atom. The molecule has 0 atom stereocenters. The predicted molar refractivity (Wildman–Crippen MR) is 178 cm³/mol. The number of nitrogens with one attached hydrogen (secondary N) is 1. The van der Waals surface area contributed by atoms with Crippen LogP contribution < -0.4 is 20.7 Å². The highest BCUT2D eigenvalue weighted by atomic mass is 16.5. The minimum atomic E-state index is -0.489. The number of nitrogens with zero attached hydrogens (tertiary/aromatic N) is 3. The summed E-state index contributed by atoms with van der Waals surface area (Å²) in [6, 6.07) is 17.1. The average Bonchev–Trinajstić information content (AvgIpc) is 3.02. The molecule has 10 heteroatoms. The standard InChI is InChI=1S/C35H45N5O5/c1-24-13-16-30(32(22-24)45-21-9-5-6-12-33(42)40-19-17-26(18-20-40)38(2)3)39(4)35(44)27-15-14-25(23-29(27)36)37-34(43)28-10-7-8-11-31(28)41/h7-8,10-11,13-16,22-23,26,41H,5-6,9,12,17-21,36H2,1-4H3,(H,37,43). The number of carbonyl (C=O) groups is 3. The van der Waals surface area contributed by atoms with Crippen LogP contribution in [0.2, 0.25) is 0 Å². The molecule has 240 valence electrons. The number of nitrogens with two attached hydrogens (primary N) is 1. The fourth-order valence-electron chi connectivity index (χ4n) is 5.53. The third kappa shape index (κ3) is 8.76. The number of nitrogen functional groups attached to an aromatic ring is 1. The molecule has 10 nitrogen and oxygen atoms in total. The lowest BCUT2D eigenvalue weighted by Gasteiger charge is -2.35. The maximum Gasteiger partial charge on any atom is 0.260 e. The minimum absolute atomic E-state index is 0.131. The largest absolute Gasteiger partial charge is 0.507 e. The van der Waals surface area contributed by atoms with E-state index in [1.807, 2.05) is 30.0 Å². The van der Waals surface area contributed by atoms with Crippen LogP contribution in [0.5, 0.6) is 11.5 Å². The number of ether oxygens (including phenoxy) is 1. The Labute approximate surface area is 265 Å². The van der Waals surface area contributed by atoms with E-state index in [0.29, 0.717) is 36.2 Å². The number of hydrogen-bond donors (Lipinski definition) is 3. The monoisotopic (exact) mass is 615 g/mol. The first-order valence-corrected chi connectivity index (χ1v) is 15.5. The van der Waals surface area contributed by atoms with Crippen LogP contribution in [-0.4, -0.2) is 79.5 Å². The average molecular weight is 616 g/mol. The second-order valence-corrected chi connectivity index (χ2v) is 11.8. The lowest BCUT2D eigenvalue weighted by atomic mass is 10.0. The van der Waals surface area contributed by atoms with Crippen molar-refractivity contribution in [3.63, 3.8) is 0 Å². The number of amides is 3. The van der Waals surface area contributed by atoms with Crippen LogP contribution >= 0.6 is 0 Å². The number of phenolic OH excluding ortho intramolecular Hbond substituents is 1. The molecule has 0 saturated carbocycles. The number of benzene rings is 3. The zero-order valence-corrected chi connectivity index (χ0v) is 26.7. The van der Waals surface area contributed by atoms with E-state index in [1.54, 1.807) is 31.3 Å². The maximum atomic E-state index is 13.5. The quantitative estimate of drug-likeness (QED) is 0.186. The van der Waals surface area contributed by atoms with Gasteiger partial charge in [0.25, 0.3) is 11.8 Å². The zero-order chi connectivity index (χ0) is 32.5. The topological polar surface area (TPSA) is 128 Å². The molecule has 4 rings (SSSR count). The molecule has 45 heavy (non-hydrogen) atoms. The summed E-state index contributed by atoms with van der Waals surface area (Å²) in [4.78, 5) is 44.4. The molecule has 4 N–H and O–H groups in total. The number of aromatic hydroxyl groups is 1. The molecule has 1 fully saturated rings. The highest BCUT2D eigenvalue weighted by Gasteiger charge is 2.24. The Kier molecular flexibility index (Phi) is 11.4. The lowest BCUT2D eigenvalue weighted by molar-refractivity contribution is -0.132. The molecular weight excluding hydrogens is 570 g/mol. The smallest absolute Gasteiger partial charge is 0.260 e. The number of aryl methyl sites for hydroxylation is 1. The summed E-state index contributed by atoms with van der Waals surface area (Å²) >= 11 is 0. The van der Waals surface area contributed by atoms with Gasteiger partial charge in [0.15, 0.2) is 0 Å². The van der Waals surface area contributed by atoms with E-state index in [-0.39, 0.29) is 34.4 Å². The van der Waals surface area contributed by atoms with Gasteiger partial charge in [-0.15, -0.1) is 0 Å². The van der Waals surface area contributed by atoms with Crippen molar-refractivity contribution in [3.05, 3.63) is 77.4 Å². The molecule has 0 aliphatic carbocycles. The molecule has 1 aliphatic heterocycles. The molecule has 0 unspecified atom stereocenters. The summed E-state index contributed by atoms with van der Waals surface area (Å²) in [5, 5.41) is 12.7. The van der Waals surface area contributed by atoms with Gasteiger partial charge in [-0.2, -0.15) is 0 Å². The number of hydrogen-bond acceptors (Lipinski definition) is 7. The van der Waals surface area contributed by atoms with Crippen molar-refractivity contribution < 1.29 is 24.2 Å². The van der Waals surface area contributed by atoms with Crippen molar-refractivity contribution in [2.45, 2.75) is 51.5 Å². The summed E-state index contributed by atoms with van der Waals surface area (Å²) in [7, 11) is 5.86. The second-order valence-electron chi connectivity index (χ2n) is 11.8. The molecule has 0 aromatic heterocycles. The van der Waals surface area contributed by atoms with Crippen molar-refractivity contribution in [2.75, 3.05) is 56.8 Å². The molecule has 3 amide bonds. The summed E-state index contributed by atoms with van der Waals surface area (Å²) < 4.78 is 6.13. The van der Waals surface area contributed by atoms with Crippen LogP contribution in [0, 0.1) is 6.92 Å². The first kappa shape index (κ1) is 33.3. The Morgan fingerprint density at radius 3 is 2.38 bits per heavy atom. The Balaban J connectivity index is 1.29. The highest BCUT2D eigenvalue weighted by molar-refractivity contribution is 6.11. The van der Waals surface area contributed by atoms with Crippen LogP contribution in [0.3, 0.4) is 0 Å². The Bertz CT molecular complexity index is 1500. The fraction of sp³-hybridized carbons (Fsp3) is 0.400. The van der Waals surface area contributed by atoms with E-state index in [1.165, 1.54) is 23.1 Å². The van der Waals surface area contributed by atoms with Gasteiger partial charge in [0.05, 0.1) is 23.4 Å².